The fraction of sp³-hybridized carbons (Fsp3) is 0.579. The smallest absolute Gasteiger partial charge is 0.410 e. The lowest BCUT2D eigenvalue weighted by atomic mass is 9.83. The van der Waals surface area contributed by atoms with Crippen LogP contribution in [0.2, 0.25) is 0 Å². The lowest BCUT2D eigenvalue weighted by Crippen LogP contribution is -2.52. The second-order valence-electron chi connectivity index (χ2n) is 8.06. The van der Waals surface area contributed by atoms with Crippen molar-refractivity contribution in [1.82, 2.24) is 4.90 Å². The minimum Gasteiger partial charge on any atom is -0.487 e. The van der Waals surface area contributed by atoms with Crippen molar-refractivity contribution in [3.05, 3.63) is 29.3 Å². The molecule has 0 bridgehead atoms. The monoisotopic (exact) mass is 361 g/mol. The number of likely N-dealkylation sites (tertiary alicyclic amines) is 1. The van der Waals surface area contributed by atoms with Crippen molar-refractivity contribution < 1.29 is 19.5 Å². The molecule has 1 amide bonds. The van der Waals surface area contributed by atoms with Crippen LogP contribution >= 0.6 is 0 Å². The molecule has 1 aromatic rings. The summed E-state index contributed by atoms with van der Waals surface area (Å²) in [6.45, 7) is 6.89. The second-order valence-corrected chi connectivity index (χ2v) is 8.06. The summed E-state index contributed by atoms with van der Waals surface area (Å²) in [5.41, 5.74) is 6.70. The normalized spacial score (nSPS) is 19.7. The van der Waals surface area contributed by atoms with E-state index in [-0.39, 0.29) is 17.5 Å². The van der Waals surface area contributed by atoms with Gasteiger partial charge in [-0.1, -0.05) is 5.16 Å². The van der Waals surface area contributed by atoms with Gasteiger partial charge in [-0.05, 0) is 57.4 Å². The number of benzene rings is 1. The minimum atomic E-state index is -0.482. The molecule has 0 unspecified atom stereocenters. The van der Waals surface area contributed by atoms with Gasteiger partial charge in [0.25, 0.3) is 0 Å². The maximum Gasteiger partial charge on any atom is 0.410 e. The van der Waals surface area contributed by atoms with Crippen molar-refractivity contribution in [2.24, 2.45) is 10.9 Å². The van der Waals surface area contributed by atoms with Crippen molar-refractivity contribution in [1.29, 1.82) is 0 Å². The van der Waals surface area contributed by atoms with Gasteiger partial charge in [0.2, 0.25) is 0 Å². The lowest BCUT2D eigenvalue weighted by Gasteiger charge is -2.44. The molecule has 0 aliphatic carbocycles. The number of ether oxygens (including phenoxy) is 2. The highest BCUT2D eigenvalue weighted by molar-refractivity contribution is 5.97. The van der Waals surface area contributed by atoms with Crippen LogP contribution in [-0.2, 0) is 11.2 Å². The first kappa shape index (κ1) is 18.4. The maximum atomic E-state index is 12.2. The van der Waals surface area contributed by atoms with Crippen LogP contribution in [0.4, 0.5) is 4.79 Å². The van der Waals surface area contributed by atoms with Gasteiger partial charge in [-0.3, -0.25) is 0 Å². The Morgan fingerprint density at radius 2 is 2.00 bits per heavy atom. The fourth-order valence-corrected chi connectivity index (χ4v) is 3.51. The SMILES string of the molecule is CC(C)(C)OC(=O)N1CCC2(CCc3cc(C(N)=NO)ccc3O2)CC1. The zero-order valence-corrected chi connectivity index (χ0v) is 15.6. The number of nitrogens with zero attached hydrogens (tertiary/aromatic N) is 2. The third-order valence-corrected chi connectivity index (χ3v) is 4.97. The quantitative estimate of drug-likeness (QED) is 0.347. The number of hydrogen-bond donors (Lipinski definition) is 2. The number of amides is 1. The van der Waals surface area contributed by atoms with E-state index < -0.39 is 5.60 Å². The van der Waals surface area contributed by atoms with Crippen molar-refractivity contribution in [2.45, 2.75) is 57.7 Å². The third kappa shape index (κ3) is 3.86. The number of carbonyl (C=O) groups is 1. The minimum absolute atomic E-state index is 0.0961. The van der Waals surface area contributed by atoms with Gasteiger partial charge in [-0.25, -0.2) is 4.79 Å². The Morgan fingerprint density at radius 3 is 2.62 bits per heavy atom. The number of rotatable bonds is 1. The summed E-state index contributed by atoms with van der Waals surface area (Å²) in [6, 6.07) is 5.58. The highest BCUT2D eigenvalue weighted by atomic mass is 16.6. The molecule has 1 spiro atoms. The number of nitrogens with two attached hydrogens (primary N) is 1. The number of hydrogen-bond acceptors (Lipinski definition) is 5. The van der Waals surface area contributed by atoms with Crippen molar-refractivity contribution >= 4 is 11.9 Å². The number of oxime groups is 1. The Kier molecular flexibility index (Phi) is 4.73. The first-order valence-electron chi connectivity index (χ1n) is 8.99. The van der Waals surface area contributed by atoms with E-state index in [1.165, 1.54) is 0 Å². The molecule has 3 rings (SSSR count). The number of carbonyl (C=O) groups excluding carboxylic acids is 1. The predicted octanol–water partition coefficient (Wildman–Crippen LogP) is 2.88. The Balaban J connectivity index is 1.65. The summed E-state index contributed by atoms with van der Waals surface area (Å²) in [7, 11) is 0. The van der Waals surface area contributed by atoms with Crippen molar-refractivity contribution in [2.75, 3.05) is 13.1 Å². The molecule has 2 aliphatic rings. The Morgan fingerprint density at radius 1 is 1.31 bits per heavy atom. The zero-order chi connectivity index (χ0) is 18.9. The molecule has 0 saturated carbocycles. The second kappa shape index (κ2) is 6.70. The number of amidine groups is 1. The van der Waals surface area contributed by atoms with Crippen LogP contribution in [0.3, 0.4) is 0 Å². The molecular weight excluding hydrogens is 334 g/mol. The molecule has 2 aliphatic heterocycles. The van der Waals surface area contributed by atoms with Crippen LogP contribution in [-0.4, -0.2) is 46.3 Å². The van der Waals surface area contributed by atoms with E-state index in [9.17, 15) is 4.79 Å². The van der Waals surface area contributed by atoms with Crippen molar-refractivity contribution in [3.8, 4) is 5.75 Å². The molecule has 0 atom stereocenters. The summed E-state index contributed by atoms with van der Waals surface area (Å²) in [5.74, 6) is 0.940. The predicted molar refractivity (Wildman–Crippen MR) is 97.7 cm³/mol. The van der Waals surface area contributed by atoms with Crippen molar-refractivity contribution in [3.63, 3.8) is 0 Å². The molecule has 1 saturated heterocycles. The highest BCUT2D eigenvalue weighted by Gasteiger charge is 2.41. The van der Waals surface area contributed by atoms with E-state index in [1.807, 2.05) is 32.9 Å². The molecule has 26 heavy (non-hydrogen) atoms. The average molecular weight is 361 g/mol. The van der Waals surface area contributed by atoms with Gasteiger partial charge < -0.3 is 25.3 Å². The van der Waals surface area contributed by atoms with Gasteiger partial charge in [0.15, 0.2) is 5.84 Å². The maximum absolute atomic E-state index is 12.2. The molecule has 1 fully saturated rings. The number of fused-ring (bicyclic) bond motifs is 1. The highest BCUT2D eigenvalue weighted by Crippen LogP contribution is 2.39. The molecular formula is C19H27N3O4. The molecule has 0 aromatic heterocycles. The summed E-state index contributed by atoms with van der Waals surface area (Å²) < 4.78 is 11.8. The van der Waals surface area contributed by atoms with E-state index in [0.717, 1.165) is 37.0 Å². The summed E-state index contributed by atoms with van der Waals surface area (Å²) >= 11 is 0. The molecule has 1 aromatic carbocycles. The van der Waals surface area contributed by atoms with Crippen LogP contribution in [0, 0.1) is 0 Å². The topological polar surface area (TPSA) is 97.4 Å². The van der Waals surface area contributed by atoms with Gasteiger partial charge in [-0.2, -0.15) is 0 Å². The molecule has 0 radical (unpaired) electrons. The van der Waals surface area contributed by atoms with E-state index in [4.69, 9.17) is 20.4 Å². The fourth-order valence-electron chi connectivity index (χ4n) is 3.51. The number of aryl methyl sites for hydroxylation is 1. The molecule has 7 nitrogen and oxygen atoms in total. The van der Waals surface area contributed by atoms with Gasteiger partial charge in [0.1, 0.15) is 17.0 Å². The zero-order valence-electron chi connectivity index (χ0n) is 15.6. The Labute approximate surface area is 153 Å². The molecule has 3 N–H and O–H groups in total. The number of piperidine rings is 1. The molecule has 142 valence electrons. The summed E-state index contributed by atoms with van der Waals surface area (Å²) in [5, 5.41) is 11.9. The Bertz CT molecular complexity index is 716. The first-order valence-corrected chi connectivity index (χ1v) is 8.99. The summed E-state index contributed by atoms with van der Waals surface area (Å²) in [4.78, 5) is 14.0. The van der Waals surface area contributed by atoms with E-state index >= 15 is 0 Å². The van der Waals surface area contributed by atoms with Crippen LogP contribution in [0.15, 0.2) is 23.4 Å². The standard InChI is InChI=1S/C19H27N3O4/c1-18(2,3)26-17(23)22-10-8-19(9-11-22)7-6-13-12-14(16(20)21-24)4-5-15(13)25-19/h4-5,12,24H,6-11H2,1-3H3,(H2,20,21). The first-order chi connectivity index (χ1) is 12.2. The van der Waals surface area contributed by atoms with E-state index in [2.05, 4.69) is 5.16 Å². The van der Waals surface area contributed by atoms with Crippen LogP contribution in [0.5, 0.6) is 5.75 Å². The average Bonchev–Trinajstić information content (AvgIpc) is 2.59. The molecule has 2 heterocycles. The van der Waals surface area contributed by atoms with Gasteiger partial charge in [0, 0.05) is 31.5 Å². The van der Waals surface area contributed by atoms with Crippen LogP contribution in [0.25, 0.3) is 0 Å². The van der Waals surface area contributed by atoms with Crippen LogP contribution < -0.4 is 10.5 Å². The third-order valence-electron chi connectivity index (χ3n) is 4.97. The molecule has 7 heteroatoms. The van der Waals surface area contributed by atoms with Gasteiger partial charge in [0.05, 0.1) is 0 Å². The van der Waals surface area contributed by atoms with Gasteiger partial charge in [-0.15, -0.1) is 0 Å². The van der Waals surface area contributed by atoms with Gasteiger partial charge >= 0.3 is 6.09 Å². The van der Waals surface area contributed by atoms with E-state index in [1.54, 1.807) is 11.0 Å². The Hall–Kier alpha value is -2.44. The van der Waals surface area contributed by atoms with Crippen LogP contribution in [0.1, 0.15) is 51.2 Å². The summed E-state index contributed by atoms with van der Waals surface area (Å²) in [6.07, 6.45) is 3.07. The largest absolute Gasteiger partial charge is 0.487 e. The lowest BCUT2D eigenvalue weighted by molar-refractivity contribution is -0.0272. The van der Waals surface area contributed by atoms with E-state index in [0.29, 0.717) is 18.7 Å².